The molecule has 1 N–H and O–H groups in total. The zero-order valence-electron chi connectivity index (χ0n) is 48.1. The van der Waals surface area contributed by atoms with Gasteiger partial charge in [-0.15, -0.1) is 0 Å². The van der Waals surface area contributed by atoms with Gasteiger partial charge >= 0.3 is 0 Å². The summed E-state index contributed by atoms with van der Waals surface area (Å²) >= 11 is 0. The molecule has 10 rings (SSSR count). The van der Waals surface area contributed by atoms with Crippen LogP contribution in [0.1, 0.15) is 158 Å². The van der Waals surface area contributed by atoms with E-state index < -0.39 is 0 Å². The molecule has 0 aliphatic carbocycles. The Labute approximate surface area is 447 Å². The lowest BCUT2D eigenvalue weighted by atomic mass is 9.85. The van der Waals surface area contributed by atoms with Gasteiger partial charge in [-0.05, 0) is 128 Å². The summed E-state index contributed by atoms with van der Waals surface area (Å²) in [4.78, 5) is 40.8. The van der Waals surface area contributed by atoms with Crippen molar-refractivity contribution in [2.45, 2.75) is 157 Å². The molecule has 0 aliphatic rings. The molecule has 10 aromatic rings. The predicted octanol–water partition coefficient (Wildman–Crippen LogP) is 16.4. The van der Waals surface area contributed by atoms with Crippen LogP contribution in [0, 0.1) is 0 Å². The lowest BCUT2D eigenvalue weighted by molar-refractivity contribution is 0.567. The second kappa shape index (κ2) is 24.8. The molecule has 0 spiro atoms. The number of nitrogens with one attached hydrogen (secondary N) is 1. The highest BCUT2D eigenvalue weighted by atomic mass is 14.8. The molecule has 9 aromatic heterocycles. The van der Waals surface area contributed by atoms with Gasteiger partial charge < -0.3 is 4.98 Å². The van der Waals surface area contributed by atoms with Gasteiger partial charge in [-0.3, -0.25) is 29.9 Å². The molecule has 0 amide bonds. The monoisotopic (exact) mass is 1000 g/mol. The van der Waals surface area contributed by atoms with Crippen LogP contribution in [-0.4, -0.2) is 49.8 Å². The summed E-state index contributed by atoms with van der Waals surface area (Å²) in [5.74, 6) is 0. The van der Waals surface area contributed by atoms with Gasteiger partial charge in [0.1, 0.15) is 12.0 Å². The Morgan fingerprint density at radius 2 is 0.813 bits per heavy atom. The lowest BCUT2D eigenvalue weighted by Gasteiger charge is -2.20. The first kappa shape index (κ1) is 58.6. The Bertz CT molecular complexity index is 3040. The van der Waals surface area contributed by atoms with Gasteiger partial charge in [0.05, 0.1) is 22.1 Å². The molecule has 1 aromatic carbocycles. The zero-order chi connectivity index (χ0) is 55.2. The number of H-pyrrole nitrogens is 1. The van der Waals surface area contributed by atoms with Crippen LogP contribution >= 0.6 is 0 Å². The fourth-order valence-electron chi connectivity index (χ4n) is 8.18. The minimum atomic E-state index is 0.121. The van der Waals surface area contributed by atoms with E-state index in [9.17, 15) is 0 Å². The van der Waals surface area contributed by atoms with Crippen molar-refractivity contribution in [1.82, 2.24) is 49.8 Å². The number of hydrogen-bond acceptors (Lipinski definition) is 9. The summed E-state index contributed by atoms with van der Waals surface area (Å²) in [6.45, 7) is 39.5. The minimum absolute atomic E-state index is 0.121. The van der Waals surface area contributed by atoms with Crippen molar-refractivity contribution in [3.05, 3.63) is 199 Å². The maximum atomic E-state index is 4.39. The molecule has 392 valence electrons. The largest absolute Gasteiger partial charge is 0.346 e. The predicted molar refractivity (Wildman–Crippen MR) is 315 cm³/mol. The molecule has 0 bridgehead atoms. The van der Waals surface area contributed by atoms with E-state index in [0.717, 1.165) is 38.8 Å². The minimum Gasteiger partial charge on any atom is -0.346 e. The van der Waals surface area contributed by atoms with Gasteiger partial charge in [0, 0.05) is 95.4 Å². The van der Waals surface area contributed by atoms with Gasteiger partial charge in [0.15, 0.2) is 0 Å². The summed E-state index contributed by atoms with van der Waals surface area (Å²) in [6.07, 6.45) is 21.9. The number of aromatic nitrogens is 10. The van der Waals surface area contributed by atoms with Gasteiger partial charge in [0.25, 0.3) is 0 Å². The van der Waals surface area contributed by atoms with Crippen LogP contribution in [0.15, 0.2) is 165 Å². The third-order valence-corrected chi connectivity index (χ3v) is 12.3. The number of rotatable bonds is 0. The van der Waals surface area contributed by atoms with E-state index in [0.29, 0.717) is 0 Å². The smallest absolute Gasteiger partial charge is 0.137 e. The molecule has 0 radical (unpaired) electrons. The number of aromatic amines is 1. The van der Waals surface area contributed by atoms with E-state index >= 15 is 0 Å². The third-order valence-electron chi connectivity index (χ3n) is 12.3. The van der Waals surface area contributed by atoms with Crippen molar-refractivity contribution < 1.29 is 0 Å². The van der Waals surface area contributed by atoms with E-state index in [1.807, 2.05) is 86.1 Å². The first-order valence-corrected chi connectivity index (χ1v) is 25.9. The van der Waals surface area contributed by atoms with Crippen LogP contribution in [0.4, 0.5) is 0 Å². The highest BCUT2D eigenvalue weighted by molar-refractivity contribution is 5.83. The Morgan fingerprint density at radius 3 is 1.35 bits per heavy atom. The summed E-state index contributed by atoms with van der Waals surface area (Å²) < 4.78 is 0. The van der Waals surface area contributed by atoms with Crippen LogP contribution < -0.4 is 0 Å². The molecule has 0 unspecified atom stereocenters. The van der Waals surface area contributed by atoms with Gasteiger partial charge in [-0.2, -0.15) is 0 Å². The first-order valence-electron chi connectivity index (χ1n) is 25.9. The molecular weight excluding hydrogens is 921 g/mol. The second-order valence-electron chi connectivity index (χ2n) is 24.8. The van der Waals surface area contributed by atoms with Crippen molar-refractivity contribution in [3.63, 3.8) is 0 Å². The molecule has 0 atom stereocenters. The van der Waals surface area contributed by atoms with E-state index in [-0.39, 0.29) is 32.5 Å². The normalized spacial score (nSPS) is 11.9. The van der Waals surface area contributed by atoms with Gasteiger partial charge in [0.2, 0.25) is 0 Å². The van der Waals surface area contributed by atoms with E-state index in [4.69, 9.17) is 0 Å². The standard InChI is InChI=1S/C13H15N.2C12H14N2.C11H14N2.C9H13N.C8H12N2/c1-13(2,3)11-8-9-14-12-7-5-4-6-10(11)12;1-12(2,3)10-4-7-14-11-5-6-13-8-9(10)11;1-12(2,3)9-6-8-13-10-5-4-7-14-11(9)10;1-11(2,3)9-5-7-13-10-8(9)4-6-12-10;1-9(2,3)8-4-6-10-7-5-8;1-8(2,3)7-4-5-9-6-10-7/h4-9H,1-3H3;2*4-8H,1-3H3;4-7H,1-3H3,(H,12,13);4-7H,1-3H3;4-6H,1-3H3. The SMILES string of the molecule is CC(C)(C)c1ccnc2[nH]ccc12.CC(C)(C)c1ccnc2ccccc12.CC(C)(C)c1ccnc2cccnc12.CC(C)(C)c1ccnc2ccncc12.CC(C)(C)c1ccncc1.CC(C)(C)c1ccncn1. The molecule has 0 fully saturated rings. The van der Waals surface area contributed by atoms with Crippen LogP contribution in [0.2, 0.25) is 0 Å². The highest BCUT2D eigenvalue weighted by Gasteiger charge is 2.20. The van der Waals surface area contributed by atoms with Gasteiger partial charge in [-0.25, -0.2) is 15.0 Å². The molecule has 0 saturated heterocycles. The number of para-hydroxylation sites is 1. The lowest BCUT2D eigenvalue weighted by Crippen LogP contribution is -2.12. The molecule has 10 nitrogen and oxygen atoms in total. The fraction of sp³-hybridized carbons (Fsp3) is 0.369. The number of pyridine rings is 7. The Balaban J connectivity index is 0.000000167. The number of nitrogens with zero attached hydrogens (tertiary/aromatic N) is 9. The molecule has 0 saturated carbocycles. The average Bonchev–Trinajstić information content (AvgIpc) is 3.85. The molecule has 10 heteroatoms. The van der Waals surface area contributed by atoms with Crippen LogP contribution in [-0.2, 0) is 32.5 Å². The summed E-state index contributed by atoms with van der Waals surface area (Å²) in [7, 11) is 0. The Kier molecular flexibility index (Phi) is 19.4. The van der Waals surface area contributed by atoms with Crippen molar-refractivity contribution >= 4 is 43.9 Å². The Hall–Kier alpha value is -7.33. The van der Waals surface area contributed by atoms with Gasteiger partial charge in [-0.1, -0.05) is 143 Å². The molecular formula is C65H82N10. The maximum Gasteiger partial charge on any atom is 0.137 e. The topological polar surface area (TPSA) is 132 Å². The quantitative estimate of drug-likeness (QED) is 0.158. The summed E-state index contributed by atoms with van der Waals surface area (Å²) in [6, 6.07) is 30.6. The molecule has 0 aliphatic heterocycles. The maximum absolute atomic E-state index is 4.39. The zero-order valence-corrected chi connectivity index (χ0v) is 48.1. The van der Waals surface area contributed by atoms with Crippen LogP contribution in [0.3, 0.4) is 0 Å². The van der Waals surface area contributed by atoms with Crippen molar-refractivity contribution in [1.29, 1.82) is 0 Å². The van der Waals surface area contributed by atoms with Crippen molar-refractivity contribution in [3.8, 4) is 0 Å². The summed E-state index contributed by atoms with van der Waals surface area (Å²) in [5, 5.41) is 3.65. The first-order chi connectivity index (χ1) is 35.1. The average molecular weight is 1000 g/mol. The third kappa shape index (κ3) is 17.1. The fourth-order valence-corrected chi connectivity index (χ4v) is 8.18. The number of fused-ring (bicyclic) bond motifs is 4. The van der Waals surface area contributed by atoms with Crippen molar-refractivity contribution in [2.24, 2.45) is 0 Å². The second-order valence-corrected chi connectivity index (χ2v) is 24.8. The number of hydrogen-bond donors (Lipinski definition) is 1. The highest BCUT2D eigenvalue weighted by Crippen LogP contribution is 2.31. The van der Waals surface area contributed by atoms with Crippen LogP contribution in [0.5, 0.6) is 0 Å². The summed E-state index contributed by atoms with van der Waals surface area (Å²) in [5.41, 5.74) is 13.8. The molecule has 75 heavy (non-hydrogen) atoms. The number of benzene rings is 1. The van der Waals surface area contributed by atoms with E-state index in [2.05, 4.69) is 235 Å². The van der Waals surface area contributed by atoms with E-state index in [1.54, 1.807) is 18.7 Å². The van der Waals surface area contributed by atoms with Crippen LogP contribution in [0.25, 0.3) is 43.9 Å². The molecule has 9 heterocycles. The van der Waals surface area contributed by atoms with Crippen molar-refractivity contribution in [2.75, 3.05) is 0 Å². The Morgan fingerprint density at radius 1 is 0.320 bits per heavy atom. The van der Waals surface area contributed by atoms with E-state index in [1.165, 1.54) is 38.6 Å².